The van der Waals surface area contributed by atoms with E-state index in [4.69, 9.17) is 0 Å². The number of pyridine rings is 1. The van der Waals surface area contributed by atoms with Gasteiger partial charge in [-0.3, -0.25) is 9.78 Å². The molecule has 0 radical (unpaired) electrons. The van der Waals surface area contributed by atoms with Crippen LogP contribution in [0.5, 0.6) is 0 Å². The molecule has 0 spiro atoms. The molecule has 3 aromatic rings. The molecule has 0 bridgehead atoms. The van der Waals surface area contributed by atoms with E-state index in [1.807, 2.05) is 42.5 Å². The van der Waals surface area contributed by atoms with Crippen molar-refractivity contribution in [3.8, 4) is 5.69 Å². The summed E-state index contributed by atoms with van der Waals surface area (Å²) in [6.45, 7) is 0.500. The van der Waals surface area contributed by atoms with E-state index in [2.05, 4.69) is 10.1 Å². The first-order chi connectivity index (χ1) is 12.9. The van der Waals surface area contributed by atoms with Crippen LogP contribution in [0.2, 0.25) is 0 Å². The number of hydrogen-bond acceptors (Lipinski definition) is 5. The van der Waals surface area contributed by atoms with E-state index >= 15 is 0 Å². The highest BCUT2D eigenvalue weighted by Crippen LogP contribution is 2.14. The molecule has 0 aliphatic heterocycles. The molecule has 2 aromatic heterocycles. The zero-order valence-electron chi connectivity index (χ0n) is 14.9. The predicted molar refractivity (Wildman–Crippen MR) is 102 cm³/mol. The Bertz CT molecular complexity index is 1000. The third-order valence-corrected chi connectivity index (χ3v) is 4.68. The number of hydrogen-bond donors (Lipinski definition) is 0. The summed E-state index contributed by atoms with van der Waals surface area (Å²) in [6.07, 6.45) is 6.03. The molecule has 140 valence electrons. The maximum Gasteiger partial charge on any atom is 0.238 e. The van der Waals surface area contributed by atoms with Gasteiger partial charge in [-0.25, -0.2) is 13.1 Å². The van der Waals surface area contributed by atoms with Gasteiger partial charge in [0, 0.05) is 31.4 Å². The van der Waals surface area contributed by atoms with Crippen LogP contribution in [-0.2, 0) is 27.7 Å². The Hall–Kier alpha value is -3.00. The van der Waals surface area contributed by atoms with Gasteiger partial charge in [0.25, 0.3) is 0 Å². The molecule has 7 nitrogen and oxygen atoms in total. The Morgan fingerprint density at radius 1 is 1.04 bits per heavy atom. The van der Waals surface area contributed by atoms with Gasteiger partial charge in [-0.15, -0.1) is 0 Å². The molecule has 0 aliphatic rings. The molecule has 0 saturated carbocycles. The van der Waals surface area contributed by atoms with Gasteiger partial charge in [-0.1, -0.05) is 24.3 Å². The van der Waals surface area contributed by atoms with E-state index in [9.17, 15) is 13.2 Å². The van der Waals surface area contributed by atoms with E-state index < -0.39 is 21.5 Å². The molecule has 8 heteroatoms. The molecular formula is C19H20N4O3S. The monoisotopic (exact) mass is 384 g/mol. The quantitative estimate of drug-likeness (QED) is 0.620. The van der Waals surface area contributed by atoms with E-state index in [1.165, 1.54) is 4.90 Å². The molecule has 0 N–H and O–H groups in total. The number of aromatic nitrogens is 3. The van der Waals surface area contributed by atoms with Gasteiger partial charge >= 0.3 is 0 Å². The average molecular weight is 384 g/mol. The summed E-state index contributed by atoms with van der Waals surface area (Å²) in [7, 11) is -3.43. The highest BCUT2D eigenvalue weighted by atomic mass is 32.2. The molecule has 27 heavy (non-hydrogen) atoms. The SMILES string of the molecule is CS(=O)(=O)CC(=O)N(Cc1cccnc1)Cc1ccnn1-c1ccccc1. The molecule has 0 fully saturated rings. The first-order valence-corrected chi connectivity index (χ1v) is 10.4. The summed E-state index contributed by atoms with van der Waals surface area (Å²) >= 11 is 0. The second-order valence-electron chi connectivity index (χ2n) is 6.25. The van der Waals surface area contributed by atoms with Crippen LogP contribution in [0.4, 0.5) is 0 Å². The van der Waals surface area contributed by atoms with Crippen molar-refractivity contribution in [3.05, 3.63) is 78.4 Å². The molecule has 0 atom stereocenters. The van der Waals surface area contributed by atoms with Gasteiger partial charge in [-0.05, 0) is 29.8 Å². The van der Waals surface area contributed by atoms with E-state index in [1.54, 1.807) is 29.3 Å². The van der Waals surface area contributed by atoms with Gasteiger partial charge in [0.15, 0.2) is 9.84 Å². The lowest BCUT2D eigenvalue weighted by Gasteiger charge is -2.23. The number of amides is 1. The number of sulfone groups is 1. The number of para-hydroxylation sites is 1. The molecule has 0 unspecified atom stereocenters. The molecule has 0 saturated heterocycles. The largest absolute Gasteiger partial charge is 0.332 e. The molecule has 0 aliphatic carbocycles. The van der Waals surface area contributed by atoms with Gasteiger partial charge < -0.3 is 4.90 Å². The fourth-order valence-corrected chi connectivity index (χ4v) is 3.34. The van der Waals surface area contributed by atoms with Crippen molar-refractivity contribution in [1.29, 1.82) is 0 Å². The van der Waals surface area contributed by atoms with Gasteiger partial charge in [0.1, 0.15) is 5.75 Å². The molecule has 1 aromatic carbocycles. The van der Waals surface area contributed by atoms with Crippen LogP contribution in [0, 0.1) is 0 Å². The van der Waals surface area contributed by atoms with Crippen molar-refractivity contribution in [2.24, 2.45) is 0 Å². The summed E-state index contributed by atoms with van der Waals surface area (Å²) in [5.74, 6) is -0.991. The van der Waals surface area contributed by atoms with Crippen LogP contribution in [0.15, 0.2) is 67.1 Å². The number of nitrogens with zero attached hydrogens (tertiary/aromatic N) is 4. The van der Waals surface area contributed by atoms with Crippen molar-refractivity contribution in [1.82, 2.24) is 19.7 Å². The molecule has 3 rings (SSSR count). The lowest BCUT2D eigenvalue weighted by Crippen LogP contribution is -2.35. The fourth-order valence-electron chi connectivity index (χ4n) is 2.71. The third kappa shape index (κ3) is 5.24. The number of benzene rings is 1. The van der Waals surface area contributed by atoms with Crippen LogP contribution in [0.1, 0.15) is 11.3 Å². The topological polar surface area (TPSA) is 85.2 Å². The zero-order valence-corrected chi connectivity index (χ0v) is 15.7. The number of carbonyl (C=O) groups is 1. The summed E-state index contributed by atoms with van der Waals surface area (Å²) in [4.78, 5) is 18.2. The Balaban J connectivity index is 1.88. The van der Waals surface area contributed by atoms with Crippen molar-refractivity contribution >= 4 is 15.7 Å². The maximum atomic E-state index is 12.6. The van der Waals surface area contributed by atoms with E-state index in [0.717, 1.165) is 23.2 Å². The summed E-state index contributed by atoms with van der Waals surface area (Å²) in [5.41, 5.74) is 2.48. The zero-order chi connectivity index (χ0) is 19.3. The fraction of sp³-hybridized carbons (Fsp3) is 0.211. The molecule has 1 amide bonds. The van der Waals surface area contributed by atoms with E-state index in [0.29, 0.717) is 0 Å². The Labute approximate surface area is 158 Å². The van der Waals surface area contributed by atoms with Crippen molar-refractivity contribution in [2.75, 3.05) is 12.0 Å². The summed E-state index contributed by atoms with van der Waals surface area (Å²) in [5, 5.41) is 4.33. The molecule has 2 heterocycles. The lowest BCUT2D eigenvalue weighted by atomic mass is 10.2. The van der Waals surface area contributed by atoms with Crippen LogP contribution in [-0.4, -0.2) is 46.0 Å². The van der Waals surface area contributed by atoms with Crippen LogP contribution in [0.3, 0.4) is 0 Å². The highest BCUT2D eigenvalue weighted by Gasteiger charge is 2.21. The molecular weight excluding hydrogens is 364 g/mol. The van der Waals surface area contributed by atoms with Crippen molar-refractivity contribution < 1.29 is 13.2 Å². The van der Waals surface area contributed by atoms with Crippen LogP contribution in [0.25, 0.3) is 5.69 Å². The van der Waals surface area contributed by atoms with Crippen molar-refractivity contribution in [2.45, 2.75) is 13.1 Å². The third-order valence-electron chi connectivity index (χ3n) is 3.91. The second-order valence-corrected chi connectivity index (χ2v) is 8.39. The maximum absolute atomic E-state index is 12.6. The number of carbonyl (C=O) groups excluding carboxylic acids is 1. The standard InChI is InChI=1S/C19H20N4O3S/c1-27(25,26)15-19(24)22(13-16-6-5-10-20-12-16)14-18-9-11-21-23(18)17-7-3-2-4-8-17/h2-12H,13-15H2,1H3. The van der Waals surface area contributed by atoms with E-state index in [-0.39, 0.29) is 13.1 Å². The first kappa shape index (κ1) is 18.8. The smallest absolute Gasteiger partial charge is 0.238 e. The second kappa shape index (κ2) is 8.13. The summed E-state index contributed by atoms with van der Waals surface area (Å²) < 4.78 is 25.0. The Morgan fingerprint density at radius 2 is 1.81 bits per heavy atom. The van der Waals surface area contributed by atoms with Crippen LogP contribution < -0.4 is 0 Å². The van der Waals surface area contributed by atoms with Crippen LogP contribution >= 0.6 is 0 Å². The van der Waals surface area contributed by atoms with Gasteiger partial charge in [0.05, 0.1) is 17.9 Å². The predicted octanol–water partition coefficient (Wildman–Crippen LogP) is 1.84. The minimum atomic E-state index is -3.43. The Morgan fingerprint density at radius 3 is 2.48 bits per heavy atom. The average Bonchev–Trinajstić information content (AvgIpc) is 3.09. The minimum absolute atomic E-state index is 0.234. The Kier molecular flexibility index (Phi) is 5.66. The highest BCUT2D eigenvalue weighted by molar-refractivity contribution is 7.91. The van der Waals surface area contributed by atoms with Crippen molar-refractivity contribution in [3.63, 3.8) is 0 Å². The summed E-state index contributed by atoms with van der Waals surface area (Å²) in [6, 6.07) is 15.0. The normalized spacial score (nSPS) is 11.3. The van der Waals surface area contributed by atoms with Gasteiger partial charge in [-0.2, -0.15) is 5.10 Å². The lowest BCUT2D eigenvalue weighted by molar-refractivity contribution is -0.129. The first-order valence-electron chi connectivity index (χ1n) is 8.35. The number of rotatable bonds is 7. The minimum Gasteiger partial charge on any atom is -0.332 e. The van der Waals surface area contributed by atoms with Gasteiger partial charge in [0.2, 0.25) is 5.91 Å².